The van der Waals surface area contributed by atoms with Crippen LogP contribution in [-0.4, -0.2) is 11.1 Å². The number of carboxylic acids is 1. The van der Waals surface area contributed by atoms with Gasteiger partial charge in [0.25, 0.3) is 0 Å². The highest BCUT2D eigenvalue weighted by atomic mass is 16.5. The Morgan fingerprint density at radius 1 is 0.952 bits per heavy atom. The zero-order valence-corrected chi connectivity index (χ0v) is 11.3. The van der Waals surface area contributed by atoms with E-state index >= 15 is 0 Å². The van der Waals surface area contributed by atoms with Gasteiger partial charge in [0.15, 0.2) is 0 Å². The van der Waals surface area contributed by atoms with Crippen molar-refractivity contribution in [3.63, 3.8) is 0 Å². The molecule has 0 saturated heterocycles. The molecule has 3 rings (SSSR count). The molecule has 3 heteroatoms. The molecule has 0 aromatic heterocycles. The average Bonchev–Trinajstić information content (AvgIpc) is 2.53. The van der Waals surface area contributed by atoms with Gasteiger partial charge < -0.3 is 9.84 Å². The van der Waals surface area contributed by atoms with Gasteiger partial charge in [-0.3, -0.25) is 0 Å². The van der Waals surface area contributed by atoms with Crippen molar-refractivity contribution in [1.82, 2.24) is 0 Å². The van der Waals surface area contributed by atoms with E-state index in [0.29, 0.717) is 12.2 Å². The van der Waals surface area contributed by atoms with Gasteiger partial charge in [0.1, 0.15) is 12.4 Å². The molecule has 0 heterocycles. The molecular weight excluding hydrogens is 264 g/mol. The van der Waals surface area contributed by atoms with Gasteiger partial charge in [-0.25, -0.2) is 4.79 Å². The van der Waals surface area contributed by atoms with Crippen molar-refractivity contribution in [2.45, 2.75) is 6.61 Å². The largest absolute Gasteiger partial charge is 0.489 e. The molecule has 0 radical (unpaired) electrons. The van der Waals surface area contributed by atoms with E-state index < -0.39 is 5.97 Å². The summed E-state index contributed by atoms with van der Waals surface area (Å²) in [7, 11) is 0. The molecule has 0 unspecified atom stereocenters. The maximum absolute atomic E-state index is 11.2. The summed E-state index contributed by atoms with van der Waals surface area (Å²) in [5.74, 6) is -0.188. The normalized spacial score (nSPS) is 10.5. The molecule has 0 fully saturated rings. The Bertz CT molecular complexity index is 779. The smallest absolute Gasteiger partial charge is 0.336 e. The molecule has 0 aliphatic rings. The van der Waals surface area contributed by atoms with Crippen LogP contribution in [0.15, 0.2) is 66.7 Å². The summed E-state index contributed by atoms with van der Waals surface area (Å²) < 4.78 is 5.75. The van der Waals surface area contributed by atoms with E-state index in [1.165, 1.54) is 0 Å². The van der Waals surface area contributed by atoms with Gasteiger partial charge in [0.2, 0.25) is 0 Å². The summed E-state index contributed by atoms with van der Waals surface area (Å²) in [5.41, 5.74) is 1.40. The van der Waals surface area contributed by atoms with Crippen molar-refractivity contribution in [2.24, 2.45) is 0 Å². The van der Waals surface area contributed by atoms with Crippen LogP contribution in [0.3, 0.4) is 0 Å². The molecule has 21 heavy (non-hydrogen) atoms. The van der Waals surface area contributed by atoms with E-state index in [9.17, 15) is 9.90 Å². The monoisotopic (exact) mass is 278 g/mol. The Hall–Kier alpha value is -2.81. The number of benzene rings is 3. The number of ether oxygens (including phenoxy) is 1. The summed E-state index contributed by atoms with van der Waals surface area (Å²) in [6, 6.07) is 20.6. The molecule has 0 bridgehead atoms. The van der Waals surface area contributed by atoms with Crippen LogP contribution >= 0.6 is 0 Å². The minimum atomic E-state index is -0.918. The lowest BCUT2D eigenvalue weighted by Gasteiger charge is -2.08. The Morgan fingerprint density at radius 2 is 1.76 bits per heavy atom. The number of fused-ring (bicyclic) bond motifs is 1. The van der Waals surface area contributed by atoms with Gasteiger partial charge in [0, 0.05) is 0 Å². The van der Waals surface area contributed by atoms with Crippen LogP contribution in [0, 0.1) is 0 Å². The highest BCUT2D eigenvalue weighted by molar-refractivity contribution is 6.03. The second-order valence-electron chi connectivity index (χ2n) is 4.77. The van der Waals surface area contributed by atoms with Crippen molar-refractivity contribution < 1.29 is 14.6 Å². The predicted octanol–water partition coefficient (Wildman–Crippen LogP) is 4.12. The molecular formula is C18H14O3. The summed E-state index contributed by atoms with van der Waals surface area (Å²) in [4.78, 5) is 11.2. The summed E-state index contributed by atoms with van der Waals surface area (Å²) in [5, 5.41) is 10.8. The number of carbonyl (C=O) groups is 1. The summed E-state index contributed by atoms with van der Waals surface area (Å²) in [6.07, 6.45) is 0. The van der Waals surface area contributed by atoms with E-state index in [-0.39, 0.29) is 0 Å². The number of rotatable bonds is 4. The first-order chi connectivity index (χ1) is 10.2. The van der Waals surface area contributed by atoms with E-state index in [2.05, 4.69) is 0 Å². The summed E-state index contributed by atoms with van der Waals surface area (Å²) in [6.45, 7) is 0.491. The van der Waals surface area contributed by atoms with Gasteiger partial charge in [-0.2, -0.15) is 0 Å². The van der Waals surface area contributed by atoms with Crippen LogP contribution in [0.5, 0.6) is 5.75 Å². The maximum Gasteiger partial charge on any atom is 0.336 e. The molecule has 1 N–H and O–H groups in total. The zero-order chi connectivity index (χ0) is 14.7. The van der Waals surface area contributed by atoms with Gasteiger partial charge in [-0.05, 0) is 40.6 Å². The van der Waals surface area contributed by atoms with E-state index in [1.807, 2.05) is 42.5 Å². The van der Waals surface area contributed by atoms with Crippen molar-refractivity contribution in [3.8, 4) is 5.75 Å². The van der Waals surface area contributed by atoms with Crippen LogP contribution in [0.25, 0.3) is 10.8 Å². The highest BCUT2D eigenvalue weighted by Crippen LogP contribution is 2.24. The first kappa shape index (κ1) is 13.2. The van der Waals surface area contributed by atoms with Crippen LogP contribution in [0.1, 0.15) is 15.9 Å². The van der Waals surface area contributed by atoms with Gasteiger partial charge >= 0.3 is 5.97 Å². The standard InChI is InChI=1S/C18H14O3/c19-18(20)17-8-4-7-14-11-15(9-10-16(14)17)21-12-13-5-2-1-3-6-13/h1-11H,12H2,(H,19,20). The second-order valence-corrected chi connectivity index (χ2v) is 4.77. The number of hydrogen-bond acceptors (Lipinski definition) is 2. The fourth-order valence-electron chi connectivity index (χ4n) is 2.28. The maximum atomic E-state index is 11.2. The number of carboxylic acid groups (broad SMARTS) is 1. The third-order valence-corrected chi connectivity index (χ3v) is 3.33. The molecule has 3 aromatic rings. The molecule has 0 amide bonds. The molecule has 0 saturated carbocycles. The van der Waals surface area contributed by atoms with Crippen molar-refractivity contribution in [3.05, 3.63) is 77.9 Å². The van der Waals surface area contributed by atoms with Crippen molar-refractivity contribution >= 4 is 16.7 Å². The van der Waals surface area contributed by atoms with E-state index in [1.54, 1.807) is 24.3 Å². The molecule has 0 aliphatic heterocycles. The quantitative estimate of drug-likeness (QED) is 0.781. The molecule has 0 spiro atoms. The lowest BCUT2D eigenvalue weighted by Crippen LogP contribution is -1.98. The Labute approximate surface area is 122 Å². The third kappa shape index (κ3) is 2.87. The highest BCUT2D eigenvalue weighted by Gasteiger charge is 2.08. The fourth-order valence-corrected chi connectivity index (χ4v) is 2.28. The molecule has 3 nitrogen and oxygen atoms in total. The lowest BCUT2D eigenvalue weighted by atomic mass is 10.0. The van der Waals surface area contributed by atoms with Gasteiger partial charge in [0.05, 0.1) is 5.56 Å². The lowest BCUT2D eigenvalue weighted by molar-refractivity contribution is 0.0699. The molecule has 0 atom stereocenters. The van der Waals surface area contributed by atoms with Crippen LogP contribution in [0.2, 0.25) is 0 Å². The van der Waals surface area contributed by atoms with Gasteiger partial charge in [-0.15, -0.1) is 0 Å². The zero-order valence-electron chi connectivity index (χ0n) is 11.3. The Kier molecular flexibility index (Phi) is 3.56. The average molecular weight is 278 g/mol. The predicted molar refractivity (Wildman–Crippen MR) is 81.7 cm³/mol. The minimum absolute atomic E-state index is 0.308. The number of aromatic carboxylic acids is 1. The summed E-state index contributed by atoms with van der Waals surface area (Å²) >= 11 is 0. The first-order valence-electron chi connectivity index (χ1n) is 6.67. The Morgan fingerprint density at radius 3 is 2.52 bits per heavy atom. The van der Waals surface area contributed by atoms with Crippen LogP contribution in [0.4, 0.5) is 0 Å². The van der Waals surface area contributed by atoms with E-state index in [4.69, 9.17) is 4.74 Å². The third-order valence-electron chi connectivity index (χ3n) is 3.33. The first-order valence-corrected chi connectivity index (χ1v) is 6.67. The van der Waals surface area contributed by atoms with E-state index in [0.717, 1.165) is 22.1 Å². The minimum Gasteiger partial charge on any atom is -0.489 e. The van der Waals surface area contributed by atoms with Crippen LogP contribution < -0.4 is 4.74 Å². The molecule has 104 valence electrons. The van der Waals surface area contributed by atoms with Gasteiger partial charge in [-0.1, -0.05) is 42.5 Å². The number of hydrogen-bond donors (Lipinski definition) is 1. The van der Waals surface area contributed by atoms with Crippen molar-refractivity contribution in [2.75, 3.05) is 0 Å². The Balaban J connectivity index is 1.86. The topological polar surface area (TPSA) is 46.5 Å². The van der Waals surface area contributed by atoms with Crippen molar-refractivity contribution in [1.29, 1.82) is 0 Å². The second kappa shape index (κ2) is 5.67. The fraction of sp³-hybridized carbons (Fsp3) is 0.0556. The molecule has 0 aliphatic carbocycles. The molecule has 3 aromatic carbocycles. The SMILES string of the molecule is O=C(O)c1cccc2cc(OCc3ccccc3)ccc12. The van der Waals surface area contributed by atoms with Crippen LogP contribution in [-0.2, 0) is 6.61 Å².